The maximum atomic E-state index is 11.3. The predicted octanol–water partition coefficient (Wildman–Crippen LogP) is -0.912. The number of hydrogen-bond acceptors (Lipinski definition) is 4. The molecule has 0 saturated heterocycles. The van der Waals surface area contributed by atoms with E-state index in [-0.39, 0.29) is 18.7 Å². The fourth-order valence-corrected chi connectivity index (χ4v) is 1.72. The molecule has 0 saturated carbocycles. The molecule has 9 heteroatoms. The maximum Gasteiger partial charge on any atom is 0.315 e. The van der Waals surface area contributed by atoms with Gasteiger partial charge in [0.15, 0.2) is 0 Å². The van der Waals surface area contributed by atoms with E-state index in [1.54, 1.807) is 6.92 Å². The summed E-state index contributed by atoms with van der Waals surface area (Å²) in [6.45, 7) is 1.71. The zero-order chi connectivity index (χ0) is 14.2. The molecule has 18 heavy (non-hydrogen) atoms. The van der Waals surface area contributed by atoms with Gasteiger partial charge in [-0.05, 0) is 13.5 Å². The van der Waals surface area contributed by atoms with Crippen LogP contribution in [0.3, 0.4) is 0 Å². The van der Waals surface area contributed by atoms with Crippen LogP contribution in [0.15, 0.2) is 0 Å². The molecule has 0 aromatic heterocycles. The van der Waals surface area contributed by atoms with Crippen molar-refractivity contribution in [2.24, 2.45) is 0 Å². The molecule has 106 valence electrons. The van der Waals surface area contributed by atoms with Gasteiger partial charge in [0.1, 0.15) is 0 Å². The van der Waals surface area contributed by atoms with Gasteiger partial charge in [0, 0.05) is 12.6 Å². The molecule has 0 bridgehead atoms. The van der Waals surface area contributed by atoms with Gasteiger partial charge in [-0.15, -0.1) is 0 Å². The number of rotatable bonds is 8. The van der Waals surface area contributed by atoms with Crippen molar-refractivity contribution in [3.63, 3.8) is 0 Å². The molecule has 0 radical (unpaired) electrons. The summed E-state index contributed by atoms with van der Waals surface area (Å²) in [6.07, 6.45) is 0.313. The van der Waals surface area contributed by atoms with E-state index in [2.05, 4.69) is 15.4 Å². The fourth-order valence-electron chi connectivity index (χ4n) is 1.15. The summed E-state index contributed by atoms with van der Waals surface area (Å²) in [5.41, 5.74) is 0. The van der Waals surface area contributed by atoms with Crippen LogP contribution in [0.5, 0.6) is 0 Å². The summed E-state index contributed by atoms with van der Waals surface area (Å²) >= 11 is 0. The van der Waals surface area contributed by atoms with Crippen LogP contribution >= 0.6 is 0 Å². The highest BCUT2D eigenvalue weighted by molar-refractivity contribution is 7.89. The minimum Gasteiger partial charge on any atom is -0.481 e. The lowest BCUT2D eigenvalue weighted by Crippen LogP contribution is -2.44. The van der Waals surface area contributed by atoms with E-state index in [1.807, 2.05) is 0 Å². The molecule has 0 aromatic rings. The highest BCUT2D eigenvalue weighted by Crippen LogP contribution is 1.96. The Labute approximate surface area is 106 Å². The number of hydrogen-bond donors (Lipinski definition) is 4. The first-order chi connectivity index (χ1) is 8.30. The number of urea groups is 1. The van der Waals surface area contributed by atoms with Gasteiger partial charge < -0.3 is 15.7 Å². The SMILES string of the molecule is CCC(CC(=O)O)NC(=O)NCCS(=O)(=O)NC. The van der Waals surface area contributed by atoms with E-state index in [0.717, 1.165) is 0 Å². The summed E-state index contributed by atoms with van der Waals surface area (Å²) in [5, 5.41) is 13.4. The molecule has 0 spiro atoms. The van der Waals surface area contributed by atoms with Crippen molar-refractivity contribution in [3.05, 3.63) is 0 Å². The van der Waals surface area contributed by atoms with Crippen molar-refractivity contribution in [2.75, 3.05) is 19.3 Å². The van der Waals surface area contributed by atoms with Crippen LogP contribution < -0.4 is 15.4 Å². The second kappa shape index (κ2) is 7.88. The molecule has 0 rings (SSSR count). The summed E-state index contributed by atoms with van der Waals surface area (Å²) in [7, 11) is -2.07. The van der Waals surface area contributed by atoms with E-state index < -0.39 is 28.1 Å². The molecule has 0 aromatic carbocycles. The van der Waals surface area contributed by atoms with Gasteiger partial charge in [-0.3, -0.25) is 4.79 Å². The summed E-state index contributed by atoms with van der Waals surface area (Å²) in [5.74, 6) is -1.23. The van der Waals surface area contributed by atoms with Crippen LogP contribution in [0.2, 0.25) is 0 Å². The Kier molecular flexibility index (Phi) is 7.29. The van der Waals surface area contributed by atoms with Gasteiger partial charge in [0.25, 0.3) is 0 Å². The molecule has 0 aliphatic carbocycles. The van der Waals surface area contributed by atoms with E-state index >= 15 is 0 Å². The average Bonchev–Trinajstić information content (AvgIpc) is 2.27. The zero-order valence-electron chi connectivity index (χ0n) is 10.4. The highest BCUT2D eigenvalue weighted by Gasteiger charge is 2.14. The Bertz CT molecular complexity index is 382. The number of carbonyl (C=O) groups is 2. The van der Waals surface area contributed by atoms with Gasteiger partial charge in [0.2, 0.25) is 10.0 Å². The van der Waals surface area contributed by atoms with Crippen molar-refractivity contribution in [1.29, 1.82) is 0 Å². The van der Waals surface area contributed by atoms with E-state index in [9.17, 15) is 18.0 Å². The molecule has 1 unspecified atom stereocenters. The maximum absolute atomic E-state index is 11.3. The summed E-state index contributed by atoms with van der Waals surface area (Å²) in [4.78, 5) is 21.8. The number of carbonyl (C=O) groups excluding carboxylic acids is 1. The lowest BCUT2D eigenvalue weighted by Gasteiger charge is -2.15. The molecule has 0 aliphatic heterocycles. The third-order valence-electron chi connectivity index (χ3n) is 2.22. The first kappa shape index (κ1) is 16.6. The molecule has 0 fully saturated rings. The largest absolute Gasteiger partial charge is 0.481 e. The third-order valence-corrected chi connectivity index (χ3v) is 3.58. The number of sulfonamides is 1. The molecular formula is C9H19N3O5S. The molecule has 8 nitrogen and oxygen atoms in total. The van der Waals surface area contributed by atoms with E-state index in [0.29, 0.717) is 6.42 Å². The number of amides is 2. The first-order valence-electron chi connectivity index (χ1n) is 5.48. The van der Waals surface area contributed by atoms with E-state index in [4.69, 9.17) is 5.11 Å². The van der Waals surface area contributed by atoms with Gasteiger partial charge in [-0.25, -0.2) is 17.9 Å². The Morgan fingerprint density at radius 3 is 2.39 bits per heavy atom. The summed E-state index contributed by atoms with van der Waals surface area (Å²) in [6, 6.07) is -1.04. The highest BCUT2D eigenvalue weighted by atomic mass is 32.2. The van der Waals surface area contributed by atoms with Crippen LogP contribution in [0, 0.1) is 0 Å². The van der Waals surface area contributed by atoms with Crippen molar-refractivity contribution in [1.82, 2.24) is 15.4 Å². The minimum atomic E-state index is -3.35. The second-order valence-corrected chi connectivity index (χ2v) is 5.67. The zero-order valence-corrected chi connectivity index (χ0v) is 11.2. The normalized spacial score (nSPS) is 12.8. The molecule has 1 atom stereocenters. The third kappa shape index (κ3) is 7.85. The van der Waals surface area contributed by atoms with Gasteiger partial charge >= 0.3 is 12.0 Å². The van der Waals surface area contributed by atoms with Crippen LogP contribution in [-0.4, -0.2) is 50.9 Å². The lowest BCUT2D eigenvalue weighted by molar-refractivity contribution is -0.137. The Balaban J connectivity index is 4.00. The van der Waals surface area contributed by atoms with Crippen molar-refractivity contribution in [3.8, 4) is 0 Å². The monoisotopic (exact) mass is 281 g/mol. The molecule has 2 amide bonds. The van der Waals surface area contributed by atoms with Crippen LogP contribution in [0.1, 0.15) is 19.8 Å². The van der Waals surface area contributed by atoms with Crippen LogP contribution in [0.4, 0.5) is 4.79 Å². The number of aliphatic carboxylic acids is 1. The lowest BCUT2D eigenvalue weighted by atomic mass is 10.1. The van der Waals surface area contributed by atoms with Crippen molar-refractivity contribution < 1.29 is 23.1 Å². The Morgan fingerprint density at radius 1 is 1.33 bits per heavy atom. The molecule has 0 aliphatic rings. The second-order valence-electron chi connectivity index (χ2n) is 3.63. The fraction of sp³-hybridized carbons (Fsp3) is 0.778. The van der Waals surface area contributed by atoms with Crippen LogP contribution in [0.25, 0.3) is 0 Å². The number of nitrogens with one attached hydrogen (secondary N) is 3. The number of carboxylic acids is 1. The quantitative estimate of drug-likeness (QED) is 0.458. The Morgan fingerprint density at radius 2 is 1.94 bits per heavy atom. The van der Waals surface area contributed by atoms with E-state index in [1.165, 1.54) is 7.05 Å². The van der Waals surface area contributed by atoms with Crippen molar-refractivity contribution >= 4 is 22.0 Å². The minimum absolute atomic E-state index is 0.0431. The van der Waals surface area contributed by atoms with Gasteiger partial charge in [-0.2, -0.15) is 0 Å². The molecular weight excluding hydrogens is 262 g/mol. The van der Waals surface area contributed by atoms with Crippen molar-refractivity contribution in [2.45, 2.75) is 25.8 Å². The van der Waals surface area contributed by atoms with Gasteiger partial charge in [-0.1, -0.05) is 6.92 Å². The van der Waals surface area contributed by atoms with Gasteiger partial charge in [0.05, 0.1) is 12.2 Å². The van der Waals surface area contributed by atoms with Crippen LogP contribution in [-0.2, 0) is 14.8 Å². The first-order valence-corrected chi connectivity index (χ1v) is 7.13. The smallest absolute Gasteiger partial charge is 0.315 e. The standard InChI is InChI=1S/C9H19N3O5S/c1-3-7(6-8(13)14)12-9(15)11-4-5-18(16,17)10-2/h7,10H,3-6H2,1-2H3,(H,13,14)(H2,11,12,15). The average molecular weight is 281 g/mol. The summed E-state index contributed by atoms with van der Waals surface area (Å²) < 4.78 is 24.2. The Hall–Kier alpha value is -1.35. The molecule has 4 N–H and O–H groups in total. The number of carboxylic acid groups (broad SMARTS) is 1. The molecule has 0 heterocycles. The topological polar surface area (TPSA) is 125 Å². The predicted molar refractivity (Wildman–Crippen MR) is 65.7 cm³/mol.